The zero-order chi connectivity index (χ0) is 18.1. The van der Waals surface area contributed by atoms with Crippen molar-refractivity contribution in [2.45, 2.75) is 26.8 Å². The number of benzene rings is 1. The largest absolute Gasteiger partial charge is 0.369 e. The lowest BCUT2D eigenvalue weighted by Crippen LogP contribution is -2.46. The molecule has 0 atom stereocenters. The first-order valence-electron chi connectivity index (χ1n) is 9.05. The maximum Gasteiger partial charge on any atom is 0.275 e. The van der Waals surface area contributed by atoms with Crippen LogP contribution in [-0.2, 0) is 13.0 Å². The maximum atomic E-state index is 12.3. The van der Waals surface area contributed by atoms with Crippen molar-refractivity contribution < 1.29 is 0 Å². The van der Waals surface area contributed by atoms with Gasteiger partial charge in [0, 0.05) is 44.5 Å². The van der Waals surface area contributed by atoms with Crippen LogP contribution >= 0.6 is 11.3 Å². The lowest BCUT2D eigenvalue weighted by atomic mass is 10.1. The molecule has 2 aromatic heterocycles. The first kappa shape index (κ1) is 17.2. The summed E-state index contributed by atoms with van der Waals surface area (Å²) in [6.07, 6.45) is 0.823. The van der Waals surface area contributed by atoms with E-state index in [-0.39, 0.29) is 5.56 Å². The topological polar surface area (TPSA) is 53.7 Å². The highest BCUT2D eigenvalue weighted by molar-refractivity contribution is 7.16. The van der Waals surface area contributed by atoms with E-state index >= 15 is 0 Å². The van der Waals surface area contributed by atoms with Crippen LogP contribution in [0.2, 0.25) is 0 Å². The van der Waals surface area contributed by atoms with Gasteiger partial charge in [0.15, 0.2) is 0 Å². The molecule has 0 N–H and O–H groups in total. The number of hydrogen-bond acceptors (Lipinski definition) is 6. The fraction of sp³-hybridized carbons (Fsp3) is 0.421. The van der Waals surface area contributed by atoms with Gasteiger partial charge in [0.05, 0.1) is 5.69 Å². The molecule has 0 bridgehead atoms. The Kier molecular flexibility index (Phi) is 4.74. The number of aryl methyl sites for hydroxylation is 2. The van der Waals surface area contributed by atoms with Gasteiger partial charge >= 0.3 is 0 Å². The smallest absolute Gasteiger partial charge is 0.275 e. The minimum absolute atomic E-state index is 0.0838. The molecule has 0 aliphatic carbocycles. The van der Waals surface area contributed by atoms with Crippen molar-refractivity contribution in [1.82, 2.24) is 19.5 Å². The Morgan fingerprint density at radius 1 is 1.15 bits per heavy atom. The molecule has 6 nitrogen and oxygen atoms in total. The second-order valence-electron chi connectivity index (χ2n) is 6.68. The average molecular weight is 369 g/mol. The second kappa shape index (κ2) is 7.17. The van der Waals surface area contributed by atoms with Crippen LogP contribution in [0.5, 0.6) is 0 Å². The van der Waals surface area contributed by atoms with Gasteiger partial charge in [0.2, 0.25) is 4.96 Å². The number of fused-ring (bicyclic) bond motifs is 1. The Bertz CT molecular complexity index is 971. The molecule has 3 heterocycles. The van der Waals surface area contributed by atoms with Gasteiger partial charge in [-0.05, 0) is 25.0 Å². The molecule has 7 heteroatoms. The Labute approximate surface area is 156 Å². The van der Waals surface area contributed by atoms with Crippen LogP contribution in [0.15, 0.2) is 35.1 Å². The normalized spacial score (nSPS) is 15.7. The molecule has 4 rings (SSSR count). The molecule has 1 aromatic carbocycles. The van der Waals surface area contributed by atoms with Crippen LogP contribution in [-0.4, -0.2) is 45.7 Å². The number of anilines is 1. The molecule has 1 saturated heterocycles. The van der Waals surface area contributed by atoms with E-state index < -0.39 is 0 Å². The van der Waals surface area contributed by atoms with Gasteiger partial charge in [-0.1, -0.05) is 36.5 Å². The van der Waals surface area contributed by atoms with E-state index in [9.17, 15) is 4.79 Å². The Hall–Kier alpha value is -2.25. The second-order valence-corrected chi connectivity index (χ2v) is 7.72. The summed E-state index contributed by atoms with van der Waals surface area (Å²) in [5.74, 6) is 0. The predicted octanol–water partition coefficient (Wildman–Crippen LogP) is 2.34. The first-order valence-corrected chi connectivity index (χ1v) is 9.87. The van der Waals surface area contributed by atoms with Crippen molar-refractivity contribution in [2.24, 2.45) is 0 Å². The summed E-state index contributed by atoms with van der Waals surface area (Å²) in [5.41, 5.74) is 3.39. The third-order valence-corrected chi connectivity index (χ3v) is 5.91. The first-order chi connectivity index (χ1) is 12.6. The van der Waals surface area contributed by atoms with Gasteiger partial charge in [-0.3, -0.25) is 9.69 Å². The summed E-state index contributed by atoms with van der Waals surface area (Å²) >= 11 is 1.50. The molecule has 1 fully saturated rings. The molecule has 136 valence electrons. The quantitative estimate of drug-likeness (QED) is 0.707. The molecule has 0 saturated carbocycles. The SMILES string of the molecule is CCc1nn2c(=O)cc(CN3CCN(c4ccccc4C)CC3)nc2s1. The van der Waals surface area contributed by atoms with Crippen LogP contribution in [0.25, 0.3) is 4.96 Å². The molecule has 0 spiro atoms. The number of hydrogen-bond donors (Lipinski definition) is 0. The third kappa shape index (κ3) is 3.37. The molecular weight excluding hydrogens is 346 g/mol. The molecule has 0 amide bonds. The highest BCUT2D eigenvalue weighted by Gasteiger charge is 2.19. The predicted molar refractivity (Wildman–Crippen MR) is 105 cm³/mol. The Balaban J connectivity index is 1.45. The van der Waals surface area contributed by atoms with Crippen LogP contribution in [0, 0.1) is 6.92 Å². The van der Waals surface area contributed by atoms with E-state index in [2.05, 4.69) is 51.1 Å². The standard InChI is InChI=1S/C19H23N5OS/c1-3-17-21-24-18(25)12-15(20-19(24)26-17)13-22-8-10-23(11-9-22)16-7-5-4-6-14(16)2/h4-7,12H,3,8-11,13H2,1-2H3. The van der Waals surface area contributed by atoms with E-state index in [4.69, 9.17) is 0 Å². The molecule has 26 heavy (non-hydrogen) atoms. The van der Waals surface area contributed by atoms with Crippen molar-refractivity contribution in [3.8, 4) is 0 Å². The maximum absolute atomic E-state index is 12.3. The van der Waals surface area contributed by atoms with E-state index in [0.717, 1.165) is 43.3 Å². The van der Waals surface area contributed by atoms with Crippen molar-refractivity contribution in [2.75, 3.05) is 31.1 Å². The summed E-state index contributed by atoms with van der Waals surface area (Å²) in [5, 5.41) is 5.25. The number of para-hydroxylation sites is 1. The van der Waals surface area contributed by atoms with Gasteiger partial charge in [-0.25, -0.2) is 4.98 Å². The molecule has 0 unspecified atom stereocenters. The zero-order valence-corrected chi connectivity index (χ0v) is 16.0. The van der Waals surface area contributed by atoms with Gasteiger partial charge in [0.25, 0.3) is 5.56 Å². The zero-order valence-electron chi connectivity index (χ0n) is 15.2. The van der Waals surface area contributed by atoms with Gasteiger partial charge in [-0.2, -0.15) is 9.61 Å². The highest BCUT2D eigenvalue weighted by Crippen LogP contribution is 2.21. The van der Waals surface area contributed by atoms with E-state index in [1.54, 1.807) is 6.07 Å². The summed E-state index contributed by atoms with van der Waals surface area (Å²) in [7, 11) is 0. The monoisotopic (exact) mass is 369 g/mol. The fourth-order valence-corrected chi connectivity index (χ4v) is 4.27. The van der Waals surface area contributed by atoms with E-state index in [1.165, 1.54) is 27.1 Å². The average Bonchev–Trinajstić information content (AvgIpc) is 3.07. The summed E-state index contributed by atoms with van der Waals surface area (Å²) in [4.78, 5) is 22.4. The van der Waals surface area contributed by atoms with Crippen LogP contribution in [0.3, 0.4) is 0 Å². The van der Waals surface area contributed by atoms with Crippen molar-refractivity contribution in [3.63, 3.8) is 0 Å². The molecule has 3 aromatic rings. The van der Waals surface area contributed by atoms with Crippen LogP contribution in [0.1, 0.15) is 23.2 Å². The number of piperazine rings is 1. The third-order valence-electron chi connectivity index (χ3n) is 4.86. The van der Waals surface area contributed by atoms with Gasteiger partial charge in [0.1, 0.15) is 5.01 Å². The van der Waals surface area contributed by atoms with Gasteiger partial charge < -0.3 is 4.90 Å². The van der Waals surface area contributed by atoms with Gasteiger partial charge in [-0.15, -0.1) is 0 Å². The molecular formula is C19H23N5OS. The van der Waals surface area contributed by atoms with Crippen molar-refractivity contribution in [3.05, 3.63) is 57.0 Å². The summed E-state index contributed by atoms with van der Waals surface area (Å²) < 4.78 is 1.42. The minimum Gasteiger partial charge on any atom is -0.369 e. The number of nitrogens with zero attached hydrogens (tertiary/aromatic N) is 5. The lowest BCUT2D eigenvalue weighted by Gasteiger charge is -2.36. The highest BCUT2D eigenvalue weighted by atomic mass is 32.1. The summed E-state index contributed by atoms with van der Waals surface area (Å²) in [6, 6.07) is 10.2. The summed E-state index contributed by atoms with van der Waals surface area (Å²) in [6.45, 7) is 8.84. The number of aromatic nitrogens is 3. The van der Waals surface area contributed by atoms with Crippen molar-refractivity contribution in [1.29, 1.82) is 0 Å². The van der Waals surface area contributed by atoms with Crippen molar-refractivity contribution >= 4 is 22.0 Å². The van der Waals surface area contributed by atoms with E-state index in [0.29, 0.717) is 11.5 Å². The van der Waals surface area contributed by atoms with E-state index in [1.807, 2.05) is 6.92 Å². The molecule has 1 aliphatic rings. The number of rotatable bonds is 4. The van der Waals surface area contributed by atoms with Crippen LogP contribution < -0.4 is 10.5 Å². The Morgan fingerprint density at radius 3 is 2.65 bits per heavy atom. The molecule has 0 radical (unpaired) electrons. The minimum atomic E-state index is -0.0838. The molecule has 1 aliphatic heterocycles. The van der Waals surface area contributed by atoms with Crippen LogP contribution in [0.4, 0.5) is 5.69 Å². The fourth-order valence-electron chi connectivity index (χ4n) is 3.41. The lowest BCUT2D eigenvalue weighted by molar-refractivity contribution is 0.247. The Morgan fingerprint density at radius 2 is 1.92 bits per heavy atom.